The van der Waals surface area contributed by atoms with Gasteiger partial charge in [0.05, 0.1) is 13.1 Å². The van der Waals surface area contributed by atoms with Crippen molar-refractivity contribution >= 4 is 17.9 Å². The molecule has 2 saturated heterocycles. The molecular weight excluding hydrogens is 328 g/mol. The van der Waals surface area contributed by atoms with Gasteiger partial charge in [-0.05, 0) is 27.8 Å². The van der Waals surface area contributed by atoms with Crippen molar-refractivity contribution in [3.8, 4) is 0 Å². The van der Waals surface area contributed by atoms with Gasteiger partial charge in [-0.15, -0.1) is 0 Å². The number of nitrogens with two attached hydrogens (primary N) is 1. The third kappa shape index (κ3) is 3.41. The van der Waals surface area contributed by atoms with Crippen molar-refractivity contribution in [2.24, 2.45) is 5.73 Å². The van der Waals surface area contributed by atoms with Crippen LogP contribution < -0.4 is 5.73 Å². The molecule has 1 spiro atoms. The average molecular weight is 354 g/mol. The van der Waals surface area contributed by atoms with E-state index in [1.807, 2.05) is 4.90 Å². The molecule has 0 aromatic rings. The minimum atomic E-state index is -1.26. The molecule has 0 aromatic heterocycles. The lowest BCUT2D eigenvalue weighted by atomic mass is 9.82. The predicted octanol–water partition coefficient (Wildman–Crippen LogP) is -0.324. The highest BCUT2D eigenvalue weighted by Crippen LogP contribution is 2.35. The van der Waals surface area contributed by atoms with Gasteiger partial charge in [0.15, 0.2) is 6.04 Å². The Labute approximate surface area is 147 Å². The second kappa shape index (κ2) is 6.21. The summed E-state index contributed by atoms with van der Waals surface area (Å²) in [6.45, 7) is 9.87. The number of amides is 3. The van der Waals surface area contributed by atoms with Gasteiger partial charge in [0, 0.05) is 13.1 Å². The van der Waals surface area contributed by atoms with Gasteiger partial charge in [0.1, 0.15) is 16.9 Å². The highest BCUT2D eigenvalue weighted by molar-refractivity contribution is 5.98. The largest absolute Gasteiger partial charge is 0.510 e. The van der Waals surface area contributed by atoms with Crippen molar-refractivity contribution in [3.63, 3.8) is 0 Å². The summed E-state index contributed by atoms with van der Waals surface area (Å²) >= 11 is 0. The van der Waals surface area contributed by atoms with Crippen molar-refractivity contribution in [2.75, 3.05) is 33.2 Å². The summed E-state index contributed by atoms with van der Waals surface area (Å²) in [6.07, 6.45) is -0.482. The van der Waals surface area contributed by atoms with Crippen LogP contribution in [0.15, 0.2) is 12.3 Å². The van der Waals surface area contributed by atoms with Crippen LogP contribution in [0, 0.1) is 0 Å². The van der Waals surface area contributed by atoms with Crippen molar-refractivity contribution in [3.05, 3.63) is 12.3 Å². The van der Waals surface area contributed by atoms with Crippen LogP contribution in [0.2, 0.25) is 0 Å². The number of β-lactam (4-membered cyclic amide) rings is 1. The number of aliphatic hydroxyl groups excluding tert-OH is 1. The first kappa shape index (κ1) is 19.0. The highest BCUT2D eigenvalue weighted by atomic mass is 16.6. The zero-order chi connectivity index (χ0) is 19.2. The van der Waals surface area contributed by atoms with Crippen molar-refractivity contribution < 1.29 is 24.2 Å². The molecule has 2 rings (SSSR count). The Morgan fingerprint density at radius 1 is 1.32 bits per heavy atom. The van der Waals surface area contributed by atoms with Gasteiger partial charge >= 0.3 is 6.09 Å². The molecule has 2 heterocycles. The lowest BCUT2D eigenvalue weighted by Crippen LogP contribution is -2.81. The number of aliphatic hydroxyl groups is 1. The van der Waals surface area contributed by atoms with E-state index in [1.165, 1.54) is 9.80 Å². The molecule has 0 saturated carbocycles. The normalized spacial score (nSPS) is 25.5. The Kier molecular flexibility index (Phi) is 4.73. The maximum absolute atomic E-state index is 12.8. The molecule has 0 aliphatic carbocycles. The maximum Gasteiger partial charge on any atom is 0.410 e. The fourth-order valence-electron chi connectivity index (χ4n) is 3.19. The average Bonchev–Trinajstić information content (AvgIpc) is 2.45. The number of piperazine rings is 1. The van der Waals surface area contributed by atoms with Crippen LogP contribution in [-0.4, -0.2) is 88.1 Å². The van der Waals surface area contributed by atoms with E-state index in [-0.39, 0.29) is 19.0 Å². The first-order valence-corrected chi connectivity index (χ1v) is 8.06. The zero-order valence-corrected chi connectivity index (χ0v) is 15.1. The van der Waals surface area contributed by atoms with Crippen molar-refractivity contribution in [2.45, 2.75) is 38.0 Å². The smallest absolute Gasteiger partial charge is 0.410 e. The fraction of sp³-hybridized carbons (Fsp3) is 0.688. The molecule has 1 unspecified atom stereocenters. The Balaban J connectivity index is 2.15. The van der Waals surface area contributed by atoms with E-state index < -0.39 is 34.9 Å². The highest BCUT2D eigenvalue weighted by Gasteiger charge is 2.60. The zero-order valence-electron chi connectivity index (χ0n) is 15.1. The van der Waals surface area contributed by atoms with Crippen LogP contribution in [0.3, 0.4) is 0 Å². The summed E-state index contributed by atoms with van der Waals surface area (Å²) in [7, 11) is 1.79. The number of carbonyl (C=O) groups excluding carboxylic acids is 3. The summed E-state index contributed by atoms with van der Waals surface area (Å²) in [4.78, 5) is 41.2. The first-order valence-electron chi connectivity index (χ1n) is 8.06. The monoisotopic (exact) mass is 354 g/mol. The molecule has 3 N–H and O–H groups in total. The molecule has 0 bridgehead atoms. The summed E-state index contributed by atoms with van der Waals surface area (Å²) < 4.78 is 5.38. The molecule has 2 atom stereocenters. The Morgan fingerprint density at radius 2 is 1.92 bits per heavy atom. The van der Waals surface area contributed by atoms with Crippen LogP contribution in [0.1, 0.15) is 20.8 Å². The number of primary amides is 1. The molecule has 3 amide bonds. The summed E-state index contributed by atoms with van der Waals surface area (Å²) in [5, 5.41) is 9.57. The molecular formula is C16H26N4O5. The van der Waals surface area contributed by atoms with Crippen LogP contribution >= 0.6 is 0 Å². The second-order valence-electron chi connectivity index (χ2n) is 7.58. The van der Waals surface area contributed by atoms with Gasteiger partial charge in [-0.3, -0.25) is 14.5 Å². The van der Waals surface area contributed by atoms with E-state index in [0.717, 1.165) is 0 Å². The number of likely N-dealkylation sites (tertiary alicyclic amines) is 1. The van der Waals surface area contributed by atoms with E-state index in [2.05, 4.69) is 6.58 Å². The lowest BCUT2D eigenvalue weighted by Gasteiger charge is -2.58. The molecule has 0 radical (unpaired) electrons. The number of hydrogen-bond acceptors (Lipinski definition) is 6. The van der Waals surface area contributed by atoms with Gasteiger partial charge in [-0.1, -0.05) is 6.58 Å². The summed E-state index contributed by atoms with van der Waals surface area (Å²) in [6, 6.07) is -1.26. The summed E-state index contributed by atoms with van der Waals surface area (Å²) in [5.41, 5.74) is 3.68. The number of carbonyl (C=O) groups is 3. The van der Waals surface area contributed by atoms with Gasteiger partial charge in [-0.2, -0.15) is 0 Å². The third-order valence-electron chi connectivity index (χ3n) is 4.53. The number of likely N-dealkylation sites (N-methyl/N-ethyl adjacent to an activating group) is 1. The topological polar surface area (TPSA) is 116 Å². The van der Waals surface area contributed by atoms with Gasteiger partial charge in [-0.25, -0.2) is 4.79 Å². The first-order chi connectivity index (χ1) is 11.4. The SMILES string of the molecule is C=C(O)[C@@H](C(N)=O)N1CC2(CN(C(=O)OC(C)(C)C)CCN2C)C1=O. The fourth-order valence-corrected chi connectivity index (χ4v) is 3.19. The molecule has 2 aliphatic rings. The minimum Gasteiger partial charge on any atom is -0.510 e. The maximum atomic E-state index is 12.8. The molecule has 140 valence electrons. The Hall–Kier alpha value is -2.29. The number of hydrogen-bond donors (Lipinski definition) is 2. The number of ether oxygens (including phenoxy) is 1. The number of nitrogens with zero attached hydrogens (tertiary/aromatic N) is 3. The minimum absolute atomic E-state index is 0.150. The van der Waals surface area contributed by atoms with E-state index >= 15 is 0 Å². The van der Waals surface area contributed by atoms with E-state index in [0.29, 0.717) is 13.1 Å². The van der Waals surface area contributed by atoms with Gasteiger partial charge in [0.25, 0.3) is 0 Å². The Morgan fingerprint density at radius 3 is 2.36 bits per heavy atom. The van der Waals surface area contributed by atoms with E-state index in [9.17, 15) is 19.5 Å². The van der Waals surface area contributed by atoms with Crippen molar-refractivity contribution in [1.29, 1.82) is 0 Å². The van der Waals surface area contributed by atoms with Crippen LogP contribution in [0.4, 0.5) is 4.79 Å². The van der Waals surface area contributed by atoms with E-state index in [1.54, 1.807) is 27.8 Å². The van der Waals surface area contributed by atoms with Gasteiger partial charge < -0.3 is 25.4 Å². The quantitative estimate of drug-likeness (QED) is 0.530. The summed E-state index contributed by atoms with van der Waals surface area (Å²) in [5.74, 6) is -1.70. The third-order valence-corrected chi connectivity index (χ3v) is 4.53. The molecule has 2 aliphatic heterocycles. The molecule has 0 aromatic carbocycles. The standard InChI is InChI=1S/C16H26N4O5/c1-10(21)11(12(17)22)20-9-16(13(20)23)8-19(7-6-18(16)5)14(24)25-15(2,3)4/h11,21H,1,6-9H2,2-5H3,(H2,17,22)/t11-,16?/m0/s1. The number of rotatable bonds is 3. The van der Waals surface area contributed by atoms with Gasteiger partial charge in [0.2, 0.25) is 11.8 Å². The van der Waals surface area contributed by atoms with Crippen LogP contribution in [0.5, 0.6) is 0 Å². The van der Waals surface area contributed by atoms with Crippen LogP contribution in [-0.2, 0) is 14.3 Å². The lowest BCUT2D eigenvalue weighted by molar-refractivity contribution is -0.175. The molecule has 2 fully saturated rings. The molecule has 25 heavy (non-hydrogen) atoms. The molecule has 9 heteroatoms. The predicted molar refractivity (Wildman–Crippen MR) is 89.6 cm³/mol. The Bertz CT molecular complexity index is 600. The van der Waals surface area contributed by atoms with E-state index in [4.69, 9.17) is 10.5 Å². The van der Waals surface area contributed by atoms with Crippen LogP contribution in [0.25, 0.3) is 0 Å². The second-order valence-corrected chi connectivity index (χ2v) is 7.58. The van der Waals surface area contributed by atoms with Crippen molar-refractivity contribution in [1.82, 2.24) is 14.7 Å². The molecule has 9 nitrogen and oxygen atoms in total.